The Hall–Kier alpha value is -1.75. The van der Waals surface area contributed by atoms with Gasteiger partial charge in [-0.3, -0.25) is 4.79 Å². The number of aliphatic carboxylic acids is 1. The summed E-state index contributed by atoms with van der Waals surface area (Å²) in [4.78, 5) is 25.1. The van der Waals surface area contributed by atoms with Crippen molar-refractivity contribution in [2.45, 2.75) is 32.3 Å². The molecule has 1 aromatic carbocycles. The molecule has 0 spiro atoms. The quantitative estimate of drug-likeness (QED) is 0.905. The fourth-order valence-electron chi connectivity index (χ4n) is 2.58. The predicted molar refractivity (Wildman–Crippen MR) is 83.1 cm³/mol. The van der Waals surface area contributed by atoms with Crippen LogP contribution in [0.3, 0.4) is 0 Å². The maximum absolute atomic E-state index is 12.1. The first-order valence-corrected chi connectivity index (χ1v) is 7.51. The molecule has 22 heavy (non-hydrogen) atoms. The normalized spacial score (nSPS) is 21.7. The van der Waals surface area contributed by atoms with Gasteiger partial charge >= 0.3 is 12.1 Å². The van der Waals surface area contributed by atoms with Gasteiger partial charge < -0.3 is 14.7 Å². The molecule has 1 heterocycles. The van der Waals surface area contributed by atoms with Gasteiger partial charge in [-0.2, -0.15) is 0 Å². The molecule has 1 saturated heterocycles. The van der Waals surface area contributed by atoms with E-state index in [1.165, 1.54) is 4.90 Å². The first kappa shape index (κ1) is 16.6. The zero-order valence-electron chi connectivity index (χ0n) is 12.9. The second kappa shape index (κ2) is 6.16. The number of rotatable bonds is 2. The molecule has 1 aliphatic heterocycles. The molecule has 2 rings (SSSR count). The van der Waals surface area contributed by atoms with Crippen molar-refractivity contribution >= 4 is 23.7 Å². The Labute approximate surface area is 134 Å². The molecule has 6 heteroatoms. The highest BCUT2D eigenvalue weighted by Gasteiger charge is 2.41. The van der Waals surface area contributed by atoms with Crippen molar-refractivity contribution < 1.29 is 19.4 Å². The van der Waals surface area contributed by atoms with Crippen molar-refractivity contribution in [1.82, 2.24) is 4.90 Å². The monoisotopic (exact) mass is 325 g/mol. The van der Waals surface area contributed by atoms with E-state index in [9.17, 15) is 14.7 Å². The Balaban J connectivity index is 2.18. The highest BCUT2D eigenvalue weighted by atomic mass is 35.5. The summed E-state index contributed by atoms with van der Waals surface area (Å²) < 4.78 is 5.33. The van der Waals surface area contributed by atoms with E-state index in [0.717, 1.165) is 5.56 Å². The molecule has 0 bridgehead atoms. The third-order valence-electron chi connectivity index (χ3n) is 3.59. The van der Waals surface area contributed by atoms with E-state index < -0.39 is 23.6 Å². The molecular weight excluding hydrogens is 306 g/mol. The van der Waals surface area contributed by atoms with Gasteiger partial charge in [-0.05, 0) is 38.5 Å². The van der Waals surface area contributed by atoms with Crippen LogP contribution >= 0.6 is 11.6 Å². The molecule has 0 aliphatic carbocycles. The summed E-state index contributed by atoms with van der Waals surface area (Å²) in [5.74, 6) is -1.82. The van der Waals surface area contributed by atoms with Gasteiger partial charge in [0.05, 0.1) is 5.92 Å². The second-order valence-corrected chi connectivity index (χ2v) is 6.92. The fraction of sp³-hybridized carbons (Fsp3) is 0.500. The molecule has 1 aliphatic rings. The van der Waals surface area contributed by atoms with Crippen LogP contribution in [0.4, 0.5) is 4.79 Å². The van der Waals surface area contributed by atoms with Crippen LogP contribution in [0, 0.1) is 5.92 Å². The Morgan fingerprint density at radius 2 is 1.82 bits per heavy atom. The lowest BCUT2D eigenvalue weighted by molar-refractivity contribution is -0.141. The molecule has 0 saturated carbocycles. The van der Waals surface area contributed by atoms with Gasteiger partial charge in [0.15, 0.2) is 0 Å². The lowest BCUT2D eigenvalue weighted by Gasteiger charge is -2.24. The average molecular weight is 326 g/mol. The Morgan fingerprint density at radius 3 is 2.32 bits per heavy atom. The Bertz CT molecular complexity index is 565. The molecule has 2 atom stereocenters. The molecule has 1 amide bonds. The first-order valence-electron chi connectivity index (χ1n) is 7.13. The minimum Gasteiger partial charge on any atom is -0.481 e. The van der Waals surface area contributed by atoms with Crippen molar-refractivity contribution in [3.05, 3.63) is 34.9 Å². The number of carboxylic acids is 1. The summed E-state index contributed by atoms with van der Waals surface area (Å²) in [6, 6.07) is 7.07. The third-order valence-corrected chi connectivity index (χ3v) is 3.84. The van der Waals surface area contributed by atoms with Crippen LogP contribution < -0.4 is 0 Å². The van der Waals surface area contributed by atoms with Crippen LogP contribution in [0.2, 0.25) is 5.02 Å². The SMILES string of the molecule is CC(C)(C)OC(=O)N1CC(C(=O)O)[C@H](c2ccc(Cl)cc2)C1. The number of hydrogen-bond acceptors (Lipinski definition) is 3. The molecule has 1 unspecified atom stereocenters. The zero-order valence-corrected chi connectivity index (χ0v) is 13.6. The molecule has 0 radical (unpaired) electrons. The number of halogens is 1. The number of ether oxygens (including phenoxy) is 1. The minimum absolute atomic E-state index is 0.150. The lowest BCUT2D eigenvalue weighted by Crippen LogP contribution is -2.35. The van der Waals surface area contributed by atoms with Crippen LogP contribution in [0.25, 0.3) is 0 Å². The first-order chi connectivity index (χ1) is 10.2. The number of nitrogens with zero attached hydrogens (tertiary/aromatic N) is 1. The summed E-state index contributed by atoms with van der Waals surface area (Å²) in [6.07, 6.45) is -0.477. The smallest absolute Gasteiger partial charge is 0.410 e. The number of likely N-dealkylation sites (tertiary alicyclic amines) is 1. The average Bonchev–Trinajstić information content (AvgIpc) is 2.83. The van der Waals surface area contributed by atoms with Crippen LogP contribution in [-0.2, 0) is 9.53 Å². The Kier molecular flexibility index (Phi) is 4.66. The van der Waals surface area contributed by atoms with Crippen molar-refractivity contribution in [2.75, 3.05) is 13.1 Å². The molecular formula is C16H20ClNO4. The maximum Gasteiger partial charge on any atom is 0.410 e. The van der Waals surface area contributed by atoms with Crippen LogP contribution in [0.5, 0.6) is 0 Å². The van der Waals surface area contributed by atoms with Gasteiger partial charge in [0.25, 0.3) is 0 Å². The van der Waals surface area contributed by atoms with E-state index in [2.05, 4.69) is 0 Å². The van der Waals surface area contributed by atoms with Crippen LogP contribution in [-0.4, -0.2) is 40.8 Å². The molecule has 0 aromatic heterocycles. The van der Waals surface area contributed by atoms with Gasteiger partial charge in [0.1, 0.15) is 5.60 Å². The van der Waals surface area contributed by atoms with E-state index in [1.807, 2.05) is 12.1 Å². The van der Waals surface area contributed by atoms with Crippen molar-refractivity contribution in [2.24, 2.45) is 5.92 Å². The summed E-state index contributed by atoms with van der Waals surface area (Å²) in [6.45, 7) is 5.83. The highest BCUT2D eigenvalue weighted by molar-refractivity contribution is 6.30. The van der Waals surface area contributed by atoms with Crippen molar-refractivity contribution in [1.29, 1.82) is 0 Å². The fourth-order valence-corrected chi connectivity index (χ4v) is 2.70. The van der Waals surface area contributed by atoms with Gasteiger partial charge in [-0.25, -0.2) is 4.79 Å². The van der Waals surface area contributed by atoms with E-state index in [-0.39, 0.29) is 12.5 Å². The number of hydrogen-bond donors (Lipinski definition) is 1. The number of amides is 1. The second-order valence-electron chi connectivity index (χ2n) is 6.49. The summed E-state index contributed by atoms with van der Waals surface area (Å²) in [5.41, 5.74) is 0.261. The third kappa shape index (κ3) is 3.91. The number of benzene rings is 1. The van der Waals surface area contributed by atoms with Crippen molar-refractivity contribution in [3.63, 3.8) is 0 Å². The predicted octanol–water partition coefficient (Wildman–Crippen LogP) is 3.38. The number of carbonyl (C=O) groups excluding carboxylic acids is 1. The van der Waals surface area contributed by atoms with Gasteiger partial charge in [0, 0.05) is 24.0 Å². The largest absolute Gasteiger partial charge is 0.481 e. The molecule has 1 N–H and O–H groups in total. The van der Waals surface area contributed by atoms with E-state index >= 15 is 0 Å². The topological polar surface area (TPSA) is 66.8 Å². The van der Waals surface area contributed by atoms with Gasteiger partial charge in [0.2, 0.25) is 0 Å². The number of carboxylic acid groups (broad SMARTS) is 1. The van der Waals surface area contributed by atoms with E-state index in [1.54, 1.807) is 32.9 Å². The highest BCUT2D eigenvalue weighted by Crippen LogP contribution is 2.34. The minimum atomic E-state index is -0.911. The van der Waals surface area contributed by atoms with E-state index in [4.69, 9.17) is 16.3 Å². The molecule has 1 fully saturated rings. The van der Waals surface area contributed by atoms with Crippen LogP contribution in [0.15, 0.2) is 24.3 Å². The summed E-state index contributed by atoms with van der Waals surface area (Å²) in [7, 11) is 0. The maximum atomic E-state index is 12.1. The lowest BCUT2D eigenvalue weighted by atomic mass is 9.89. The standard InChI is InChI=1S/C16H20ClNO4/c1-16(2,3)22-15(21)18-8-12(13(9-18)14(19)20)10-4-6-11(17)7-5-10/h4-7,12-13H,8-9H2,1-3H3,(H,19,20)/t12-,13?/m0/s1. The number of carbonyl (C=O) groups is 2. The van der Waals surface area contributed by atoms with Gasteiger partial charge in [-0.15, -0.1) is 0 Å². The Morgan fingerprint density at radius 1 is 1.23 bits per heavy atom. The van der Waals surface area contributed by atoms with Gasteiger partial charge in [-0.1, -0.05) is 23.7 Å². The van der Waals surface area contributed by atoms with Crippen molar-refractivity contribution in [3.8, 4) is 0 Å². The van der Waals surface area contributed by atoms with Crippen LogP contribution in [0.1, 0.15) is 32.3 Å². The summed E-state index contributed by atoms with van der Waals surface area (Å²) in [5, 5.41) is 10.0. The molecule has 5 nitrogen and oxygen atoms in total. The zero-order chi connectivity index (χ0) is 16.5. The summed E-state index contributed by atoms with van der Waals surface area (Å²) >= 11 is 5.87. The molecule has 1 aromatic rings. The van der Waals surface area contributed by atoms with E-state index in [0.29, 0.717) is 11.6 Å². The molecule has 120 valence electrons.